The lowest BCUT2D eigenvalue weighted by Gasteiger charge is -2.14. The molecule has 3 heteroatoms. The van der Waals surface area contributed by atoms with Gasteiger partial charge in [0.1, 0.15) is 0 Å². The molecule has 1 unspecified atom stereocenters. The summed E-state index contributed by atoms with van der Waals surface area (Å²) in [6.45, 7) is 4.23. The van der Waals surface area contributed by atoms with Gasteiger partial charge in [-0.1, -0.05) is 41.9 Å². The summed E-state index contributed by atoms with van der Waals surface area (Å²) < 4.78 is 0. The van der Waals surface area contributed by atoms with Gasteiger partial charge in [0.05, 0.1) is 5.02 Å². The number of nitrogens with two attached hydrogens (primary N) is 1. The first-order valence-electron chi connectivity index (χ1n) is 6.28. The molecule has 2 rings (SSSR count). The molecule has 1 atom stereocenters. The maximum atomic E-state index is 6.25. The third-order valence-electron chi connectivity index (χ3n) is 3.21. The predicted molar refractivity (Wildman–Crippen MR) is 85.0 cm³/mol. The molecular weight excluding hydrogens is 274 g/mol. The highest BCUT2D eigenvalue weighted by molar-refractivity contribution is 7.99. The smallest absolute Gasteiger partial charge is 0.0541 e. The van der Waals surface area contributed by atoms with Crippen molar-refractivity contribution in [1.82, 2.24) is 0 Å². The van der Waals surface area contributed by atoms with Crippen LogP contribution in [0.15, 0.2) is 47.4 Å². The molecule has 0 aliphatic carbocycles. The topological polar surface area (TPSA) is 26.0 Å². The fraction of sp³-hybridized carbons (Fsp3) is 0.250. The van der Waals surface area contributed by atoms with Crippen molar-refractivity contribution < 1.29 is 0 Å². The number of aryl methyl sites for hydroxylation is 2. The standard InChI is InChI=1S/C16H18ClNS/c1-11-7-8-13(9-12(11)2)15(18)10-19-16-6-4-3-5-14(16)17/h3-9,15H,10,18H2,1-2H3. The fourth-order valence-electron chi connectivity index (χ4n) is 1.83. The Labute approximate surface area is 124 Å². The van der Waals surface area contributed by atoms with Gasteiger partial charge in [-0.05, 0) is 42.7 Å². The van der Waals surface area contributed by atoms with Crippen molar-refractivity contribution in [1.29, 1.82) is 0 Å². The summed E-state index contributed by atoms with van der Waals surface area (Å²) in [5.41, 5.74) is 10.0. The molecule has 0 fully saturated rings. The van der Waals surface area contributed by atoms with Crippen LogP contribution >= 0.6 is 23.4 Å². The van der Waals surface area contributed by atoms with Crippen molar-refractivity contribution in [3.8, 4) is 0 Å². The molecule has 2 N–H and O–H groups in total. The molecule has 19 heavy (non-hydrogen) atoms. The number of thioether (sulfide) groups is 1. The van der Waals surface area contributed by atoms with E-state index in [2.05, 4.69) is 32.0 Å². The molecule has 0 saturated heterocycles. The van der Waals surface area contributed by atoms with Crippen LogP contribution in [-0.2, 0) is 0 Å². The highest BCUT2D eigenvalue weighted by Gasteiger charge is 2.09. The van der Waals surface area contributed by atoms with Gasteiger partial charge < -0.3 is 5.73 Å². The second-order valence-corrected chi connectivity index (χ2v) is 6.16. The minimum absolute atomic E-state index is 0.0283. The van der Waals surface area contributed by atoms with Crippen molar-refractivity contribution in [2.45, 2.75) is 24.8 Å². The average Bonchev–Trinajstić information content (AvgIpc) is 2.40. The quantitative estimate of drug-likeness (QED) is 0.823. The molecule has 0 amide bonds. The van der Waals surface area contributed by atoms with Crippen LogP contribution in [0.1, 0.15) is 22.7 Å². The van der Waals surface area contributed by atoms with Crippen molar-refractivity contribution in [2.24, 2.45) is 5.73 Å². The SMILES string of the molecule is Cc1ccc(C(N)CSc2ccccc2Cl)cc1C. The van der Waals surface area contributed by atoms with Crippen molar-refractivity contribution in [2.75, 3.05) is 5.75 Å². The summed E-state index contributed by atoms with van der Waals surface area (Å²) in [6, 6.07) is 14.3. The number of rotatable bonds is 4. The van der Waals surface area contributed by atoms with E-state index >= 15 is 0 Å². The first-order chi connectivity index (χ1) is 9.08. The maximum Gasteiger partial charge on any atom is 0.0541 e. The van der Waals surface area contributed by atoms with Gasteiger partial charge in [-0.25, -0.2) is 0 Å². The van der Waals surface area contributed by atoms with Crippen LogP contribution in [0.2, 0.25) is 5.02 Å². The molecule has 0 radical (unpaired) electrons. The second kappa shape index (κ2) is 6.47. The van der Waals surface area contributed by atoms with Gasteiger partial charge in [0.25, 0.3) is 0 Å². The molecule has 100 valence electrons. The third-order valence-corrected chi connectivity index (χ3v) is 4.85. The first-order valence-corrected chi connectivity index (χ1v) is 7.64. The van der Waals surface area contributed by atoms with E-state index in [1.165, 1.54) is 16.7 Å². The highest BCUT2D eigenvalue weighted by atomic mass is 35.5. The maximum absolute atomic E-state index is 6.25. The minimum Gasteiger partial charge on any atom is -0.323 e. The van der Waals surface area contributed by atoms with Crippen molar-refractivity contribution in [3.63, 3.8) is 0 Å². The lowest BCUT2D eigenvalue weighted by atomic mass is 10.0. The molecule has 0 bridgehead atoms. The molecule has 0 aromatic heterocycles. The summed E-state index contributed by atoms with van der Waals surface area (Å²) in [6.07, 6.45) is 0. The Morgan fingerprint density at radius 3 is 2.53 bits per heavy atom. The highest BCUT2D eigenvalue weighted by Crippen LogP contribution is 2.29. The molecule has 0 aliphatic rings. The Hall–Kier alpha value is -0.960. The van der Waals surface area contributed by atoms with E-state index in [0.29, 0.717) is 0 Å². The van der Waals surface area contributed by atoms with Crippen LogP contribution in [0.3, 0.4) is 0 Å². The van der Waals surface area contributed by atoms with Gasteiger partial charge in [0.15, 0.2) is 0 Å². The Balaban J connectivity index is 2.03. The van der Waals surface area contributed by atoms with Gasteiger partial charge in [0, 0.05) is 16.7 Å². The van der Waals surface area contributed by atoms with Crippen molar-refractivity contribution >= 4 is 23.4 Å². The van der Waals surface area contributed by atoms with Crippen LogP contribution in [0.5, 0.6) is 0 Å². The summed E-state index contributed by atoms with van der Waals surface area (Å²) >= 11 is 7.84. The van der Waals surface area contributed by atoms with Crippen LogP contribution in [0.4, 0.5) is 0 Å². The summed E-state index contributed by atoms with van der Waals surface area (Å²) in [7, 11) is 0. The Morgan fingerprint density at radius 1 is 1.11 bits per heavy atom. The number of hydrogen-bond acceptors (Lipinski definition) is 2. The average molecular weight is 292 g/mol. The molecule has 2 aromatic rings. The van der Waals surface area contributed by atoms with Gasteiger partial charge in [-0.15, -0.1) is 11.8 Å². The molecular formula is C16H18ClNS. The van der Waals surface area contributed by atoms with E-state index in [1.54, 1.807) is 11.8 Å². The second-order valence-electron chi connectivity index (χ2n) is 4.69. The third kappa shape index (κ3) is 3.75. The zero-order chi connectivity index (χ0) is 13.8. The largest absolute Gasteiger partial charge is 0.323 e. The van der Waals surface area contributed by atoms with Gasteiger partial charge in [-0.3, -0.25) is 0 Å². The van der Waals surface area contributed by atoms with E-state index < -0.39 is 0 Å². The van der Waals surface area contributed by atoms with Gasteiger partial charge in [0.2, 0.25) is 0 Å². The Bertz CT molecular complexity index is 568. The monoisotopic (exact) mass is 291 g/mol. The molecule has 2 aromatic carbocycles. The molecule has 0 heterocycles. The minimum atomic E-state index is 0.0283. The van der Waals surface area contributed by atoms with Gasteiger partial charge >= 0.3 is 0 Å². The summed E-state index contributed by atoms with van der Waals surface area (Å²) in [5.74, 6) is 0.826. The fourth-order valence-corrected chi connectivity index (χ4v) is 3.06. The lowest BCUT2D eigenvalue weighted by Crippen LogP contribution is -2.13. The predicted octanol–water partition coefficient (Wildman–Crippen LogP) is 4.75. The number of halogens is 1. The van der Waals surface area contributed by atoms with Crippen LogP contribution < -0.4 is 5.73 Å². The van der Waals surface area contributed by atoms with E-state index in [-0.39, 0.29) is 6.04 Å². The Kier molecular flexibility index (Phi) is 4.92. The van der Waals surface area contributed by atoms with Crippen LogP contribution in [-0.4, -0.2) is 5.75 Å². The molecule has 0 spiro atoms. The molecule has 0 saturated carbocycles. The normalized spacial score (nSPS) is 12.4. The van der Waals surface area contributed by atoms with E-state index in [0.717, 1.165) is 15.7 Å². The van der Waals surface area contributed by atoms with Crippen LogP contribution in [0.25, 0.3) is 0 Å². The molecule has 1 nitrogen and oxygen atoms in total. The zero-order valence-electron chi connectivity index (χ0n) is 11.2. The van der Waals surface area contributed by atoms with Crippen molar-refractivity contribution in [3.05, 3.63) is 64.2 Å². The summed E-state index contributed by atoms with van der Waals surface area (Å²) in [4.78, 5) is 1.09. The Morgan fingerprint density at radius 2 is 1.84 bits per heavy atom. The number of benzene rings is 2. The first kappa shape index (κ1) is 14.4. The van der Waals surface area contributed by atoms with E-state index in [9.17, 15) is 0 Å². The zero-order valence-corrected chi connectivity index (χ0v) is 12.8. The van der Waals surface area contributed by atoms with Crippen LogP contribution in [0, 0.1) is 13.8 Å². The number of hydrogen-bond donors (Lipinski definition) is 1. The lowest BCUT2D eigenvalue weighted by molar-refractivity contribution is 0.829. The summed E-state index contributed by atoms with van der Waals surface area (Å²) in [5, 5.41) is 0.791. The van der Waals surface area contributed by atoms with E-state index in [1.807, 2.05) is 24.3 Å². The molecule has 0 aliphatic heterocycles. The van der Waals surface area contributed by atoms with Gasteiger partial charge in [-0.2, -0.15) is 0 Å². The van der Waals surface area contributed by atoms with E-state index in [4.69, 9.17) is 17.3 Å².